The summed E-state index contributed by atoms with van der Waals surface area (Å²) < 4.78 is 38.9. The van der Waals surface area contributed by atoms with Gasteiger partial charge >= 0.3 is 6.18 Å². The summed E-state index contributed by atoms with van der Waals surface area (Å²) in [5.74, 6) is 0.338. The first-order valence-corrected chi connectivity index (χ1v) is 10.6. The fraction of sp³-hybridized carbons (Fsp3) is 0.409. The summed E-state index contributed by atoms with van der Waals surface area (Å²) in [5, 5.41) is 5.83. The summed E-state index contributed by atoms with van der Waals surface area (Å²) in [4.78, 5) is 4.52. The Morgan fingerprint density at radius 1 is 1.04 bits per heavy atom. The lowest BCUT2D eigenvalue weighted by Crippen LogP contribution is -2.16. The quantitative estimate of drug-likeness (QED) is 0.572. The van der Waals surface area contributed by atoms with E-state index in [9.17, 15) is 13.2 Å². The number of aromatic nitrogens is 1. The minimum absolute atomic E-state index is 0.0563. The molecule has 2 aromatic rings. The number of nitrogens with zero attached hydrogens (tertiary/aromatic N) is 1. The van der Waals surface area contributed by atoms with Gasteiger partial charge in [0.2, 0.25) is 0 Å². The number of allylic oxidation sites excluding steroid dienone is 4. The Morgan fingerprint density at radius 3 is 2.50 bits per heavy atom. The zero-order valence-corrected chi connectivity index (χ0v) is 16.3. The number of anilines is 2. The first-order chi connectivity index (χ1) is 13.5. The van der Waals surface area contributed by atoms with Crippen LogP contribution in [0.5, 0.6) is 0 Å². The van der Waals surface area contributed by atoms with Gasteiger partial charge in [0.25, 0.3) is 0 Å². The van der Waals surface area contributed by atoms with Gasteiger partial charge in [0.1, 0.15) is 0 Å². The Balaban J connectivity index is 1.40. The molecule has 0 saturated heterocycles. The molecule has 28 heavy (non-hydrogen) atoms. The predicted octanol–water partition coefficient (Wildman–Crippen LogP) is 7.47. The largest absolute Gasteiger partial charge is 0.412 e. The molecule has 2 nitrogen and oxygen atoms in total. The first kappa shape index (κ1) is 19.2. The van der Waals surface area contributed by atoms with Crippen LogP contribution in [0, 0.1) is 0 Å². The van der Waals surface area contributed by atoms with Crippen LogP contribution in [-0.4, -0.2) is 11.2 Å². The van der Waals surface area contributed by atoms with Gasteiger partial charge in [-0.15, -0.1) is 11.3 Å². The number of thiazole rings is 1. The summed E-state index contributed by atoms with van der Waals surface area (Å²) >= 11 is 1.42. The molecule has 0 bridgehead atoms. The number of rotatable bonds is 4. The maximum absolute atomic E-state index is 13.0. The molecule has 0 amide bonds. The minimum Gasteiger partial charge on any atom is -0.332 e. The second-order valence-electron chi connectivity index (χ2n) is 7.54. The van der Waals surface area contributed by atoms with Crippen molar-refractivity contribution in [2.24, 2.45) is 0 Å². The van der Waals surface area contributed by atoms with Crippen molar-refractivity contribution < 1.29 is 13.2 Å². The van der Waals surface area contributed by atoms with E-state index in [0.29, 0.717) is 16.7 Å². The van der Waals surface area contributed by atoms with Crippen molar-refractivity contribution in [3.8, 4) is 0 Å². The SMILES string of the molecule is FC(F)(F)C1=CC=CC(c2csc(Nc3ccc(C4CCCCC4)cc3)n2)C1. The van der Waals surface area contributed by atoms with E-state index in [-0.39, 0.29) is 12.3 Å². The van der Waals surface area contributed by atoms with Crippen LogP contribution in [0.3, 0.4) is 0 Å². The van der Waals surface area contributed by atoms with Crippen LogP contribution in [0.2, 0.25) is 0 Å². The second kappa shape index (κ2) is 8.11. The Hall–Kier alpha value is -2.08. The third kappa shape index (κ3) is 4.49. The molecular formula is C22H23F3N2S. The number of alkyl halides is 3. The molecule has 1 aromatic heterocycles. The fourth-order valence-electron chi connectivity index (χ4n) is 4.00. The van der Waals surface area contributed by atoms with Gasteiger partial charge in [0.15, 0.2) is 5.13 Å². The normalized spacial score (nSPS) is 20.8. The number of nitrogens with one attached hydrogen (secondary N) is 1. The Labute approximate surface area is 167 Å². The highest BCUT2D eigenvalue weighted by molar-refractivity contribution is 7.13. The molecule has 0 spiro atoms. The van der Waals surface area contributed by atoms with Crippen LogP contribution in [0.25, 0.3) is 0 Å². The van der Waals surface area contributed by atoms with Gasteiger partial charge in [-0.2, -0.15) is 13.2 Å². The van der Waals surface area contributed by atoms with Gasteiger partial charge in [0, 0.05) is 22.6 Å². The molecule has 1 atom stereocenters. The summed E-state index contributed by atoms with van der Waals surface area (Å²) in [6, 6.07) is 8.49. The highest BCUT2D eigenvalue weighted by atomic mass is 32.1. The highest BCUT2D eigenvalue weighted by Crippen LogP contribution is 2.38. The molecule has 1 unspecified atom stereocenters. The molecule has 4 rings (SSSR count). The van der Waals surface area contributed by atoms with Gasteiger partial charge < -0.3 is 5.32 Å². The lowest BCUT2D eigenvalue weighted by atomic mass is 9.84. The van der Waals surface area contributed by atoms with Crippen molar-refractivity contribution in [1.82, 2.24) is 4.98 Å². The van der Waals surface area contributed by atoms with E-state index in [2.05, 4.69) is 34.6 Å². The number of benzene rings is 1. The summed E-state index contributed by atoms with van der Waals surface area (Å²) in [6.07, 6.45) is 6.59. The van der Waals surface area contributed by atoms with Crippen LogP contribution in [0.1, 0.15) is 61.6 Å². The Kier molecular flexibility index (Phi) is 5.58. The smallest absolute Gasteiger partial charge is 0.332 e. The maximum Gasteiger partial charge on any atom is 0.412 e. The molecule has 0 radical (unpaired) electrons. The van der Waals surface area contributed by atoms with Crippen molar-refractivity contribution in [2.45, 2.75) is 56.5 Å². The minimum atomic E-state index is -4.28. The van der Waals surface area contributed by atoms with Crippen molar-refractivity contribution in [2.75, 3.05) is 5.32 Å². The number of hydrogen-bond donors (Lipinski definition) is 1. The zero-order valence-electron chi connectivity index (χ0n) is 15.5. The van der Waals surface area contributed by atoms with Crippen molar-refractivity contribution in [3.05, 3.63) is 64.7 Å². The third-order valence-electron chi connectivity index (χ3n) is 5.59. The molecular weight excluding hydrogens is 381 g/mol. The van der Waals surface area contributed by atoms with E-state index in [0.717, 1.165) is 11.8 Å². The zero-order chi connectivity index (χ0) is 19.6. The number of hydrogen-bond acceptors (Lipinski definition) is 3. The topological polar surface area (TPSA) is 24.9 Å². The van der Waals surface area contributed by atoms with E-state index >= 15 is 0 Å². The molecule has 1 N–H and O–H groups in total. The molecule has 6 heteroatoms. The van der Waals surface area contributed by atoms with Gasteiger partial charge in [-0.3, -0.25) is 0 Å². The lowest BCUT2D eigenvalue weighted by Gasteiger charge is -2.22. The van der Waals surface area contributed by atoms with Crippen LogP contribution < -0.4 is 5.32 Å². The average Bonchev–Trinajstić information content (AvgIpc) is 3.17. The third-order valence-corrected chi connectivity index (χ3v) is 6.36. The lowest BCUT2D eigenvalue weighted by molar-refractivity contribution is -0.0944. The van der Waals surface area contributed by atoms with E-state index in [1.165, 1.54) is 55.1 Å². The van der Waals surface area contributed by atoms with Crippen LogP contribution in [0.4, 0.5) is 24.0 Å². The summed E-state index contributed by atoms with van der Waals surface area (Å²) in [5.41, 5.74) is 2.53. The molecule has 148 valence electrons. The van der Waals surface area contributed by atoms with Gasteiger partial charge in [-0.1, -0.05) is 49.6 Å². The van der Waals surface area contributed by atoms with Crippen LogP contribution >= 0.6 is 11.3 Å². The van der Waals surface area contributed by atoms with Gasteiger partial charge in [-0.25, -0.2) is 4.98 Å². The summed E-state index contributed by atoms with van der Waals surface area (Å²) in [6.45, 7) is 0. The maximum atomic E-state index is 13.0. The fourth-order valence-corrected chi connectivity index (χ4v) is 4.80. The van der Waals surface area contributed by atoms with Gasteiger partial charge in [-0.05, 0) is 42.9 Å². The van der Waals surface area contributed by atoms with Crippen molar-refractivity contribution in [3.63, 3.8) is 0 Å². The van der Waals surface area contributed by atoms with E-state index in [1.54, 1.807) is 6.08 Å². The van der Waals surface area contributed by atoms with Crippen LogP contribution in [-0.2, 0) is 0 Å². The monoisotopic (exact) mass is 404 g/mol. The Bertz CT molecular complexity index is 859. The molecule has 1 aromatic carbocycles. The molecule has 2 aliphatic carbocycles. The van der Waals surface area contributed by atoms with E-state index in [4.69, 9.17) is 0 Å². The first-order valence-electron chi connectivity index (χ1n) is 9.76. The molecule has 1 fully saturated rings. The number of halogens is 3. The standard InChI is InChI=1S/C22H23F3N2S/c23-22(24,25)18-8-4-7-17(13-18)20-14-28-21(27-20)26-19-11-9-16(10-12-19)15-5-2-1-3-6-15/h4,7-12,14-15,17H,1-3,5-6,13H2,(H,26,27). The van der Waals surface area contributed by atoms with Crippen molar-refractivity contribution >= 4 is 22.2 Å². The second-order valence-corrected chi connectivity index (χ2v) is 8.40. The van der Waals surface area contributed by atoms with E-state index < -0.39 is 11.7 Å². The molecule has 1 heterocycles. The molecule has 2 aliphatic rings. The molecule has 0 aliphatic heterocycles. The summed E-state index contributed by atoms with van der Waals surface area (Å²) in [7, 11) is 0. The molecule has 1 saturated carbocycles. The predicted molar refractivity (Wildman–Crippen MR) is 108 cm³/mol. The van der Waals surface area contributed by atoms with Gasteiger partial charge in [0.05, 0.1) is 5.69 Å². The average molecular weight is 405 g/mol. The van der Waals surface area contributed by atoms with Crippen LogP contribution in [0.15, 0.2) is 53.4 Å². The Morgan fingerprint density at radius 2 is 1.79 bits per heavy atom. The highest BCUT2D eigenvalue weighted by Gasteiger charge is 2.35. The van der Waals surface area contributed by atoms with E-state index in [1.807, 2.05) is 5.38 Å². The van der Waals surface area contributed by atoms with Crippen molar-refractivity contribution in [1.29, 1.82) is 0 Å².